The topological polar surface area (TPSA) is 187 Å². The molecule has 15 nitrogen and oxygen atoms in total. The minimum Gasteiger partial charge on any atom is -0.493 e. The number of nitrogens with one attached hydrogen (secondary N) is 4. The smallest absolute Gasteiger partial charge is 0.264 e. The molecule has 0 saturated carbocycles. The molecule has 2 aromatic carbocycles. The molecule has 0 atom stereocenters. The van der Waals surface area contributed by atoms with Crippen LogP contribution in [-0.2, 0) is 10.0 Å². The molecule has 212 valence electrons. The summed E-state index contributed by atoms with van der Waals surface area (Å²) in [5.74, 6) is 1.82. The lowest BCUT2D eigenvalue weighted by Gasteiger charge is -2.10. The predicted octanol–water partition coefficient (Wildman–Crippen LogP) is 3.11. The van der Waals surface area contributed by atoms with Gasteiger partial charge in [-0.05, 0) is 48.6 Å². The molecule has 6 rings (SSSR count). The number of H-pyrrole nitrogens is 1. The van der Waals surface area contributed by atoms with Gasteiger partial charge in [-0.1, -0.05) is 0 Å². The van der Waals surface area contributed by atoms with E-state index in [9.17, 15) is 8.42 Å². The Kier molecular flexibility index (Phi) is 6.93. The summed E-state index contributed by atoms with van der Waals surface area (Å²) < 4.78 is 39.9. The molecule has 0 radical (unpaired) electrons. The van der Waals surface area contributed by atoms with Crippen LogP contribution in [0, 0.1) is 0 Å². The number of methoxy groups -OCH3 is 2. The zero-order chi connectivity index (χ0) is 29.3. The molecule has 0 unspecified atom stereocenters. The molecular weight excluding hydrogens is 582 g/mol. The van der Waals surface area contributed by atoms with Gasteiger partial charge in [-0.2, -0.15) is 9.67 Å². The van der Waals surface area contributed by atoms with Crippen molar-refractivity contribution in [2.24, 2.45) is 0 Å². The van der Waals surface area contributed by atoms with Crippen molar-refractivity contribution in [1.82, 2.24) is 39.7 Å². The highest BCUT2D eigenvalue weighted by Gasteiger charge is 2.18. The number of benzene rings is 2. The second-order valence-electron chi connectivity index (χ2n) is 8.59. The van der Waals surface area contributed by atoms with Crippen LogP contribution in [-0.4, -0.2) is 67.4 Å². The van der Waals surface area contributed by atoms with Crippen molar-refractivity contribution >= 4 is 66.9 Å². The predicted molar refractivity (Wildman–Crippen MR) is 159 cm³/mol. The zero-order valence-electron chi connectivity index (χ0n) is 21.9. The lowest BCUT2D eigenvalue weighted by atomic mass is 10.2. The number of sulfonamides is 1. The van der Waals surface area contributed by atoms with Crippen molar-refractivity contribution in [1.29, 1.82) is 0 Å². The van der Waals surface area contributed by atoms with Crippen LogP contribution in [0.25, 0.3) is 27.8 Å². The standard InChI is InChI=1S/C25H21N11O4S2/c1-39-18-10-16-17(11-19(18)40-2)32-21-20(16)22(29-12-28-21)36-13-30-24(34-36)33-25(41)31-14-4-6-15(7-5-14)42(37,38)35-23-26-8-3-9-27-23/h3-13H,1-2H3,(H,26,27,35)(H,28,29,32)(H2,31,33,34,41). The van der Waals surface area contributed by atoms with Crippen LogP contribution in [0.3, 0.4) is 0 Å². The molecule has 0 aliphatic carbocycles. The van der Waals surface area contributed by atoms with E-state index in [0.29, 0.717) is 34.0 Å². The Morgan fingerprint density at radius 3 is 2.40 bits per heavy atom. The maximum absolute atomic E-state index is 12.6. The van der Waals surface area contributed by atoms with Crippen LogP contribution < -0.4 is 24.8 Å². The summed E-state index contributed by atoms with van der Waals surface area (Å²) in [7, 11) is -0.727. The van der Waals surface area contributed by atoms with Crippen molar-refractivity contribution in [2.75, 3.05) is 29.6 Å². The maximum Gasteiger partial charge on any atom is 0.264 e. The Labute approximate surface area is 243 Å². The van der Waals surface area contributed by atoms with E-state index in [1.807, 2.05) is 12.1 Å². The van der Waals surface area contributed by atoms with Gasteiger partial charge in [0.2, 0.25) is 11.9 Å². The quantitative estimate of drug-likeness (QED) is 0.186. The molecule has 0 fully saturated rings. The number of aromatic amines is 1. The number of hydrogen-bond donors (Lipinski definition) is 4. The number of thiocarbonyl (C=S) groups is 1. The van der Waals surface area contributed by atoms with Crippen LogP contribution in [0.15, 0.2) is 72.4 Å². The van der Waals surface area contributed by atoms with E-state index < -0.39 is 10.0 Å². The van der Waals surface area contributed by atoms with Gasteiger partial charge in [-0.25, -0.2) is 33.1 Å². The number of hydrogen-bond acceptors (Lipinski definition) is 11. The van der Waals surface area contributed by atoms with Gasteiger partial charge in [0.05, 0.1) is 30.0 Å². The van der Waals surface area contributed by atoms with Crippen molar-refractivity contribution in [2.45, 2.75) is 4.90 Å². The molecule has 0 bridgehead atoms. The maximum atomic E-state index is 12.6. The number of ether oxygens (including phenoxy) is 2. The Morgan fingerprint density at radius 1 is 0.929 bits per heavy atom. The molecule has 42 heavy (non-hydrogen) atoms. The molecule has 4 heterocycles. The summed E-state index contributed by atoms with van der Waals surface area (Å²) in [6.07, 6.45) is 5.80. The first-order valence-corrected chi connectivity index (χ1v) is 14.0. The molecule has 0 spiro atoms. The summed E-state index contributed by atoms with van der Waals surface area (Å²) in [6, 6.07) is 11.2. The third kappa shape index (κ3) is 5.20. The fourth-order valence-corrected chi connectivity index (χ4v) is 5.31. The number of rotatable bonds is 8. The Balaban J connectivity index is 1.18. The first-order valence-electron chi connectivity index (χ1n) is 12.1. The Morgan fingerprint density at radius 2 is 1.67 bits per heavy atom. The third-order valence-corrected chi connectivity index (χ3v) is 7.57. The van der Waals surface area contributed by atoms with Crippen LogP contribution in [0.2, 0.25) is 0 Å². The normalized spacial score (nSPS) is 11.4. The van der Waals surface area contributed by atoms with Gasteiger partial charge in [-0.15, -0.1) is 5.10 Å². The molecule has 6 aromatic rings. The van der Waals surface area contributed by atoms with E-state index in [0.717, 1.165) is 10.9 Å². The van der Waals surface area contributed by atoms with Crippen molar-refractivity contribution in [3.63, 3.8) is 0 Å². The second kappa shape index (κ2) is 10.9. The summed E-state index contributed by atoms with van der Waals surface area (Å²) in [5.41, 5.74) is 1.93. The van der Waals surface area contributed by atoms with Gasteiger partial charge in [0.15, 0.2) is 22.4 Å². The molecule has 4 aromatic heterocycles. The largest absolute Gasteiger partial charge is 0.493 e. The van der Waals surface area contributed by atoms with Crippen LogP contribution in [0.1, 0.15) is 0 Å². The van der Waals surface area contributed by atoms with Crippen molar-refractivity contribution in [3.8, 4) is 17.3 Å². The van der Waals surface area contributed by atoms with Crippen molar-refractivity contribution < 1.29 is 17.9 Å². The Bertz CT molecular complexity index is 2030. The average molecular weight is 604 g/mol. The van der Waals surface area contributed by atoms with Gasteiger partial charge in [0.25, 0.3) is 10.0 Å². The van der Waals surface area contributed by atoms with E-state index in [2.05, 4.69) is 50.4 Å². The molecule has 0 amide bonds. The molecular formula is C25H21N11O4S2. The highest BCUT2D eigenvalue weighted by molar-refractivity contribution is 7.92. The summed E-state index contributed by atoms with van der Waals surface area (Å²) in [4.78, 5) is 24.1. The van der Waals surface area contributed by atoms with E-state index >= 15 is 0 Å². The first kappa shape index (κ1) is 26.8. The zero-order valence-corrected chi connectivity index (χ0v) is 23.6. The summed E-state index contributed by atoms with van der Waals surface area (Å²) in [6.45, 7) is 0. The summed E-state index contributed by atoms with van der Waals surface area (Å²) in [5, 5.41) is 12.1. The molecule has 0 saturated heterocycles. The molecule has 17 heteroatoms. The second-order valence-corrected chi connectivity index (χ2v) is 10.7. The third-order valence-electron chi connectivity index (χ3n) is 6.02. The highest BCUT2D eigenvalue weighted by atomic mass is 32.2. The Hall–Kier alpha value is -5.42. The van der Waals surface area contributed by atoms with Crippen LogP contribution >= 0.6 is 12.2 Å². The molecule has 4 N–H and O–H groups in total. The summed E-state index contributed by atoms with van der Waals surface area (Å²) >= 11 is 5.40. The monoisotopic (exact) mass is 603 g/mol. The number of anilines is 3. The van der Waals surface area contributed by atoms with E-state index in [1.54, 1.807) is 32.4 Å². The number of aromatic nitrogens is 8. The molecule has 0 aliphatic heterocycles. The lowest BCUT2D eigenvalue weighted by molar-refractivity contribution is 0.356. The number of nitrogens with zero attached hydrogens (tertiary/aromatic N) is 7. The van der Waals surface area contributed by atoms with Crippen molar-refractivity contribution in [3.05, 3.63) is 67.5 Å². The van der Waals surface area contributed by atoms with Gasteiger partial charge in [-0.3, -0.25) is 5.32 Å². The van der Waals surface area contributed by atoms with Gasteiger partial charge >= 0.3 is 0 Å². The fourth-order valence-electron chi connectivity index (χ4n) is 4.14. The van der Waals surface area contributed by atoms with E-state index in [1.165, 1.54) is 41.9 Å². The first-order chi connectivity index (χ1) is 20.3. The SMILES string of the molecule is COc1cc2[nH]c3ncnc(-n4cnc(NC(=S)Nc5ccc(S(=O)(=O)Nc6ncccn6)cc5)n4)c3c2cc1OC. The van der Waals surface area contributed by atoms with Gasteiger partial charge in [0, 0.05) is 29.5 Å². The minimum absolute atomic E-state index is 0.0237. The lowest BCUT2D eigenvalue weighted by Crippen LogP contribution is -2.20. The average Bonchev–Trinajstić information content (AvgIpc) is 3.61. The molecule has 0 aliphatic rings. The van der Waals surface area contributed by atoms with E-state index in [-0.39, 0.29) is 21.9 Å². The van der Waals surface area contributed by atoms with Crippen LogP contribution in [0.4, 0.5) is 17.6 Å². The van der Waals surface area contributed by atoms with Gasteiger partial charge < -0.3 is 19.8 Å². The number of fused-ring (bicyclic) bond motifs is 3. The fraction of sp³-hybridized carbons (Fsp3) is 0.0800. The van der Waals surface area contributed by atoms with Crippen LogP contribution in [0.5, 0.6) is 11.5 Å². The van der Waals surface area contributed by atoms with E-state index in [4.69, 9.17) is 21.7 Å². The minimum atomic E-state index is -3.86. The highest BCUT2D eigenvalue weighted by Crippen LogP contribution is 2.36. The van der Waals surface area contributed by atoms with Gasteiger partial charge in [0.1, 0.15) is 18.3 Å².